The summed E-state index contributed by atoms with van der Waals surface area (Å²) in [5.41, 5.74) is 23.0. The fourth-order valence-electron chi connectivity index (χ4n) is 6.31. The van der Waals surface area contributed by atoms with E-state index in [1.807, 2.05) is 24.3 Å². The quantitative estimate of drug-likeness (QED) is 0.0317. The Balaban J connectivity index is 1.31. The zero-order chi connectivity index (χ0) is 43.0. The van der Waals surface area contributed by atoms with Gasteiger partial charge < -0.3 is 48.4 Å². The van der Waals surface area contributed by atoms with Crippen molar-refractivity contribution in [3.05, 3.63) is 102 Å². The minimum atomic E-state index is -1.26. The Kier molecular flexibility index (Phi) is 15.8. The summed E-state index contributed by atoms with van der Waals surface area (Å²) >= 11 is 0. The number of amides is 7. The summed E-state index contributed by atoms with van der Waals surface area (Å²) in [6.45, 7) is 1.48. The lowest BCUT2D eigenvalue weighted by Gasteiger charge is -2.28. The molecule has 318 valence electrons. The number of para-hydroxylation sites is 1. The van der Waals surface area contributed by atoms with Gasteiger partial charge in [0.05, 0.1) is 25.1 Å². The van der Waals surface area contributed by atoms with Crippen LogP contribution in [0.2, 0.25) is 0 Å². The molecule has 0 saturated heterocycles. The molecule has 0 bridgehead atoms. The van der Waals surface area contributed by atoms with Crippen molar-refractivity contribution >= 4 is 46.5 Å². The third-order valence-electron chi connectivity index (χ3n) is 9.59. The zero-order valence-electron chi connectivity index (χ0n) is 33.0. The molecule has 3 aromatic heterocycles. The van der Waals surface area contributed by atoms with E-state index in [1.165, 1.54) is 19.4 Å². The van der Waals surface area contributed by atoms with Crippen molar-refractivity contribution < 1.29 is 28.8 Å². The van der Waals surface area contributed by atoms with Crippen LogP contribution in [0.1, 0.15) is 48.7 Å². The Labute approximate surface area is 344 Å². The van der Waals surface area contributed by atoms with E-state index in [2.05, 4.69) is 57.1 Å². The topological polar surface area (TPSA) is 330 Å². The molecule has 5 rings (SSSR count). The van der Waals surface area contributed by atoms with Crippen molar-refractivity contribution in [2.24, 2.45) is 17.2 Å². The summed E-state index contributed by atoms with van der Waals surface area (Å²) < 4.78 is 0. The van der Waals surface area contributed by atoms with Crippen molar-refractivity contribution in [1.29, 1.82) is 0 Å². The number of hydrogen-bond donors (Lipinski definition) is 11. The van der Waals surface area contributed by atoms with Gasteiger partial charge in [-0.05, 0) is 49.9 Å². The predicted octanol–water partition coefficient (Wildman–Crippen LogP) is -0.935. The van der Waals surface area contributed by atoms with Gasteiger partial charge in [0.15, 0.2) is 0 Å². The summed E-state index contributed by atoms with van der Waals surface area (Å²) in [4.78, 5) is 90.9. The number of hydrogen-bond acceptors (Lipinski definition) is 11. The number of aromatic nitrogens is 6. The van der Waals surface area contributed by atoms with Gasteiger partial charge >= 0.3 is 6.03 Å². The molecule has 0 saturated carbocycles. The van der Waals surface area contributed by atoms with E-state index in [-0.39, 0.29) is 37.9 Å². The van der Waals surface area contributed by atoms with Gasteiger partial charge in [0.2, 0.25) is 23.6 Å². The molecule has 0 spiro atoms. The number of carbonyl (C=O) groups is 6. The van der Waals surface area contributed by atoms with Gasteiger partial charge in [-0.3, -0.25) is 29.4 Å². The molecular formula is C39H51N15O6. The number of fused-ring (bicyclic) bond motifs is 1. The molecule has 21 heteroatoms. The standard InChI is InChI=1S/C39H51N15O6/c1-23(47-37(58)33(16-25-18-44-30-12-6-5-11-28(25)30)49-36(57)29(41)17-26-19-43-22-45-26)35(56)52-54(21-27-20-46-53-51-27)39(60)50-32(15-24-9-3-2-4-10-24)38(59)48-31(34(42)55)13-7-8-14-40/h2-6,9-12,18-20,22-23,29,31-33,44H,7-8,13-17,21,40-41H2,1H3,(H2,42,55)(H,43,45)(H,47,58)(H,48,59)(H,49,57)(H,50,60)(H,52,56)(H,46,51,53)/t23-,29-,31-,32+,33+/m0/s1. The number of nitrogens with two attached hydrogens (primary N) is 3. The number of hydrazine groups is 1. The van der Waals surface area contributed by atoms with Gasteiger partial charge in [-0.1, -0.05) is 48.5 Å². The van der Waals surface area contributed by atoms with Crippen molar-refractivity contribution in [3.8, 4) is 0 Å². The van der Waals surface area contributed by atoms with E-state index in [1.54, 1.807) is 42.7 Å². The number of imidazole rings is 1. The van der Waals surface area contributed by atoms with Crippen molar-refractivity contribution in [2.45, 2.75) is 82.2 Å². The molecule has 0 aliphatic rings. The molecule has 60 heavy (non-hydrogen) atoms. The van der Waals surface area contributed by atoms with Crippen molar-refractivity contribution in [1.82, 2.24) is 62.1 Å². The van der Waals surface area contributed by atoms with E-state index < -0.39 is 65.8 Å². The number of H-pyrrole nitrogens is 3. The Hall–Kier alpha value is -7.13. The van der Waals surface area contributed by atoms with E-state index in [0.717, 1.165) is 21.5 Å². The number of carbonyl (C=O) groups excluding carboxylic acids is 6. The zero-order valence-corrected chi connectivity index (χ0v) is 33.0. The maximum Gasteiger partial charge on any atom is 0.337 e. The average molecular weight is 826 g/mol. The first kappa shape index (κ1) is 44.0. The molecule has 0 radical (unpaired) electrons. The van der Waals surface area contributed by atoms with Crippen LogP contribution in [0.15, 0.2) is 79.5 Å². The second-order valence-corrected chi connectivity index (χ2v) is 14.2. The number of rotatable bonds is 21. The SMILES string of the molecule is C[C@H](NC(=O)[C@@H](Cc1c[nH]c2ccccc12)NC(=O)[C@@H](N)Cc1cnc[nH]1)C(=O)NN(Cc1cn[nH]n1)C(=O)N[C@H](Cc1ccccc1)C(=O)N[C@@H](CCCCN)C(N)=O. The predicted molar refractivity (Wildman–Crippen MR) is 218 cm³/mol. The van der Waals surface area contributed by atoms with Crippen LogP contribution < -0.4 is 43.9 Å². The van der Waals surface area contributed by atoms with Gasteiger partial charge in [0.1, 0.15) is 29.9 Å². The molecule has 14 N–H and O–H groups in total. The monoisotopic (exact) mass is 825 g/mol. The van der Waals surface area contributed by atoms with Crippen LogP contribution in [0.5, 0.6) is 0 Å². The minimum absolute atomic E-state index is 0.0139. The fraction of sp³-hybridized carbons (Fsp3) is 0.359. The molecule has 0 aliphatic carbocycles. The highest BCUT2D eigenvalue weighted by Gasteiger charge is 2.31. The van der Waals surface area contributed by atoms with Crippen LogP contribution in [0.3, 0.4) is 0 Å². The maximum atomic E-state index is 14.0. The molecule has 0 aliphatic heterocycles. The van der Waals surface area contributed by atoms with Crippen molar-refractivity contribution in [3.63, 3.8) is 0 Å². The maximum absolute atomic E-state index is 14.0. The lowest BCUT2D eigenvalue weighted by atomic mass is 10.0. The lowest BCUT2D eigenvalue weighted by Crippen LogP contribution is -2.60. The summed E-state index contributed by atoms with van der Waals surface area (Å²) in [6, 6.07) is 9.67. The molecule has 3 heterocycles. The van der Waals surface area contributed by atoms with Gasteiger partial charge in [0.25, 0.3) is 5.91 Å². The molecule has 0 fully saturated rings. The molecule has 2 aromatic carbocycles. The van der Waals surface area contributed by atoms with Crippen molar-refractivity contribution in [2.75, 3.05) is 6.54 Å². The third kappa shape index (κ3) is 12.7. The minimum Gasteiger partial charge on any atom is -0.368 e. The van der Waals surface area contributed by atoms with Crippen LogP contribution in [-0.4, -0.2) is 108 Å². The summed E-state index contributed by atoms with van der Waals surface area (Å²) in [7, 11) is 0. The molecule has 5 aromatic rings. The van der Waals surface area contributed by atoms with Gasteiger partial charge in [-0.25, -0.2) is 14.8 Å². The number of primary amides is 1. The highest BCUT2D eigenvalue weighted by Crippen LogP contribution is 2.19. The first-order valence-corrected chi connectivity index (χ1v) is 19.4. The van der Waals surface area contributed by atoms with Crippen LogP contribution in [0.25, 0.3) is 10.9 Å². The summed E-state index contributed by atoms with van der Waals surface area (Å²) in [6.07, 6.45) is 7.64. The Bertz CT molecular complexity index is 2180. The molecule has 5 atom stereocenters. The number of nitrogens with zero attached hydrogens (tertiary/aromatic N) is 4. The van der Waals surface area contributed by atoms with E-state index in [0.29, 0.717) is 30.6 Å². The number of aromatic amines is 3. The van der Waals surface area contributed by atoms with E-state index >= 15 is 0 Å². The summed E-state index contributed by atoms with van der Waals surface area (Å²) in [5.74, 6) is -3.57. The lowest BCUT2D eigenvalue weighted by molar-refractivity contribution is -0.133. The van der Waals surface area contributed by atoms with Gasteiger partial charge in [0, 0.05) is 48.3 Å². The molecule has 21 nitrogen and oxygen atoms in total. The fourth-order valence-corrected chi connectivity index (χ4v) is 6.31. The highest BCUT2D eigenvalue weighted by molar-refractivity contribution is 5.95. The smallest absolute Gasteiger partial charge is 0.337 e. The molecule has 7 amide bonds. The largest absolute Gasteiger partial charge is 0.368 e. The Morgan fingerprint density at radius 3 is 2.20 bits per heavy atom. The number of urea groups is 1. The van der Waals surface area contributed by atoms with E-state index in [4.69, 9.17) is 17.2 Å². The first-order chi connectivity index (χ1) is 28.9. The molecular weight excluding hydrogens is 775 g/mol. The van der Waals surface area contributed by atoms with Crippen LogP contribution in [0, 0.1) is 0 Å². The Morgan fingerprint density at radius 1 is 0.783 bits per heavy atom. The first-order valence-electron chi connectivity index (χ1n) is 19.4. The number of nitrogens with one attached hydrogen (secondary N) is 8. The van der Waals surface area contributed by atoms with Crippen LogP contribution in [0.4, 0.5) is 4.79 Å². The average Bonchev–Trinajstić information content (AvgIpc) is 4.04. The summed E-state index contributed by atoms with van der Waals surface area (Å²) in [5, 5.41) is 22.6. The molecule has 0 unspecified atom stereocenters. The van der Waals surface area contributed by atoms with Gasteiger partial charge in [-0.15, -0.1) is 0 Å². The third-order valence-corrected chi connectivity index (χ3v) is 9.59. The van der Waals surface area contributed by atoms with Crippen LogP contribution in [-0.2, 0) is 49.8 Å². The second-order valence-electron chi connectivity index (χ2n) is 14.2. The Morgan fingerprint density at radius 2 is 1.50 bits per heavy atom. The number of unbranched alkanes of at least 4 members (excludes halogenated alkanes) is 1. The van der Waals surface area contributed by atoms with Gasteiger partial charge in [-0.2, -0.15) is 15.4 Å². The van der Waals surface area contributed by atoms with Crippen LogP contribution >= 0.6 is 0 Å². The second kappa shape index (κ2) is 21.6. The normalized spacial score (nSPS) is 13.6. The van der Waals surface area contributed by atoms with E-state index in [9.17, 15) is 28.8 Å². The highest BCUT2D eigenvalue weighted by atomic mass is 16.2. The number of benzene rings is 2.